The van der Waals surface area contributed by atoms with E-state index in [-0.39, 0.29) is 15.8 Å². The first-order valence-electron chi connectivity index (χ1n) is 5.55. The van der Waals surface area contributed by atoms with E-state index in [0.29, 0.717) is 5.16 Å². The fraction of sp³-hybridized carbons (Fsp3) is 0.231. The summed E-state index contributed by atoms with van der Waals surface area (Å²) in [6.45, 7) is 3.72. The van der Waals surface area contributed by atoms with E-state index in [1.165, 1.54) is 23.9 Å². The van der Waals surface area contributed by atoms with Crippen molar-refractivity contribution in [3.05, 3.63) is 51.3 Å². The van der Waals surface area contributed by atoms with Gasteiger partial charge >= 0.3 is 0 Å². The fourth-order valence-electron chi connectivity index (χ4n) is 1.60. The third-order valence-electron chi connectivity index (χ3n) is 2.45. The number of thioether (sulfide) groups is 1. The Morgan fingerprint density at radius 3 is 2.42 bits per heavy atom. The van der Waals surface area contributed by atoms with Gasteiger partial charge in [-0.2, -0.15) is 0 Å². The Hall–Kier alpha value is -1.01. The van der Waals surface area contributed by atoms with Crippen molar-refractivity contribution in [1.29, 1.82) is 0 Å². The molecule has 2 aromatic rings. The third-order valence-corrected chi connectivity index (χ3v) is 3.93. The van der Waals surface area contributed by atoms with Crippen LogP contribution in [-0.2, 0) is 5.75 Å². The molecular formula is C13H11BrF2N2S. The molecule has 0 aliphatic carbocycles. The summed E-state index contributed by atoms with van der Waals surface area (Å²) in [5, 5.41) is 0.524. The zero-order valence-electron chi connectivity index (χ0n) is 10.4. The number of benzene rings is 1. The Balaban J connectivity index is 2.21. The molecule has 100 valence electrons. The topological polar surface area (TPSA) is 25.8 Å². The van der Waals surface area contributed by atoms with E-state index in [2.05, 4.69) is 25.9 Å². The minimum atomic E-state index is -0.572. The Morgan fingerprint density at radius 2 is 1.79 bits per heavy atom. The van der Waals surface area contributed by atoms with Crippen LogP contribution in [0.25, 0.3) is 0 Å². The molecule has 0 aliphatic heterocycles. The molecule has 1 aromatic carbocycles. The Labute approximate surface area is 122 Å². The van der Waals surface area contributed by atoms with Crippen molar-refractivity contribution in [2.75, 3.05) is 0 Å². The summed E-state index contributed by atoms with van der Waals surface area (Å²) in [6, 6.07) is 4.45. The molecule has 0 aliphatic rings. The normalized spacial score (nSPS) is 10.8. The van der Waals surface area contributed by atoms with Gasteiger partial charge in [-0.1, -0.05) is 11.8 Å². The average molecular weight is 345 g/mol. The van der Waals surface area contributed by atoms with Crippen molar-refractivity contribution in [2.24, 2.45) is 0 Å². The van der Waals surface area contributed by atoms with E-state index in [4.69, 9.17) is 0 Å². The van der Waals surface area contributed by atoms with Crippen molar-refractivity contribution in [2.45, 2.75) is 24.8 Å². The summed E-state index contributed by atoms with van der Waals surface area (Å²) in [6.07, 6.45) is 0. The molecular weight excluding hydrogens is 334 g/mol. The Bertz CT molecular complexity index is 600. The van der Waals surface area contributed by atoms with Gasteiger partial charge in [-0.3, -0.25) is 0 Å². The molecule has 0 saturated heterocycles. The number of hydrogen-bond acceptors (Lipinski definition) is 3. The Morgan fingerprint density at radius 1 is 1.16 bits per heavy atom. The summed E-state index contributed by atoms with van der Waals surface area (Å²) in [5.74, 6) is -0.977. The molecule has 1 aromatic heterocycles. The maximum absolute atomic E-state index is 13.8. The van der Waals surface area contributed by atoms with Gasteiger partial charge in [-0.05, 0) is 48.0 Å². The fourth-order valence-corrected chi connectivity index (χ4v) is 2.92. The largest absolute Gasteiger partial charge is 0.228 e. The van der Waals surface area contributed by atoms with E-state index in [0.717, 1.165) is 11.4 Å². The van der Waals surface area contributed by atoms with E-state index in [1.54, 1.807) is 0 Å². The minimum Gasteiger partial charge on any atom is -0.228 e. The average Bonchev–Trinajstić information content (AvgIpc) is 2.33. The number of rotatable bonds is 3. The molecule has 19 heavy (non-hydrogen) atoms. The zero-order chi connectivity index (χ0) is 14.0. The molecule has 6 heteroatoms. The predicted octanol–water partition coefficient (Wildman–Crippen LogP) is 4.43. The third kappa shape index (κ3) is 3.51. The van der Waals surface area contributed by atoms with Crippen LogP contribution in [-0.4, -0.2) is 9.97 Å². The number of hydrogen-bond donors (Lipinski definition) is 0. The number of nitrogens with zero attached hydrogens (tertiary/aromatic N) is 2. The van der Waals surface area contributed by atoms with Crippen LogP contribution in [0.1, 0.15) is 17.0 Å². The van der Waals surface area contributed by atoms with Crippen LogP contribution in [0, 0.1) is 25.5 Å². The van der Waals surface area contributed by atoms with E-state index in [1.807, 2.05) is 19.9 Å². The maximum Gasteiger partial charge on any atom is 0.188 e. The van der Waals surface area contributed by atoms with E-state index in [9.17, 15) is 8.78 Å². The first-order valence-corrected chi connectivity index (χ1v) is 7.32. The second-order valence-corrected chi connectivity index (χ2v) is 5.84. The molecule has 0 N–H and O–H groups in total. The molecule has 0 amide bonds. The SMILES string of the molecule is Cc1cc(C)nc(SCc2c(F)ccc(Br)c2F)n1. The summed E-state index contributed by atoms with van der Waals surface area (Å²) in [7, 11) is 0. The summed E-state index contributed by atoms with van der Waals surface area (Å²) in [4.78, 5) is 8.45. The monoisotopic (exact) mass is 344 g/mol. The highest BCUT2D eigenvalue weighted by Crippen LogP contribution is 2.27. The van der Waals surface area contributed by atoms with E-state index >= 15 is 0 Å². The van der Waals surface area contributed by atoms with Crippen molar-refractivity contribution < 1.29 is 8.78 Å². The second kappa shape index (κ2) is 5.96. The second-order valence-electron chi connectivity index (χ2n) is 4.04. The molecule has 0 bridgehead atoms. The van der Waals surface area contributed by atoms with Crippen LogP contribution in [0.3, 0.4) is 0 Å². The molecule has 0 fully saturated rings. The van der Waals surface area contributed by atoms with Crippen LogP contribution >= 0.6 is 27.7 Å². The molecule has 2 nitrogen and oxygen atoms in total. The molecule has 0 atom stereocenters. The lowest BCUT2D eigenvalue weighted by Gasteiger charge is -2.06. The standard InChI is InChI=1S/C13H11BrF2N2S/c1-7-5-8(2)18-13(17-7)19-6-9-11(15)4-3-10(14)12(9)16/h3-5H,6H2,1-2H3. The highest BCUT2D eigenvalue weighted by Gasteiger charge is 2.13. The van der Waals surface area contributed by atoms with Crippen LogP contribution in [0.4, 0.5) is 8.78 Å². The smallest absolute Gasteiger partial charge is 0.188 e. The lowest BCUT2D eigenvalue weighted by molar-refractivity contribution is 0.562. The van der Waals surface area contributed by atoms with Crippen LogP contribution in [0.15, 0.2) is 27.8 Å². The molecule has 0 saturated carbocycles. The highest BCUT2D eigenvalue weighted by atomic mass is 79.9. The lowest BCUT2D eigenvalue weighted by Crippen LogP contribution is -1.97. The minimum absolute atomic E-state index is 0.0298. The van der Waals surface area contributed by atoms with Crippen LogP contribution in [0.2, 0.25) is 0 Å². The summed E-state index contributed by atoms with van der Waals surface area (Å²) in [5.41, 5.74) is 1.71. The zero-order valence-corrected chi connectivity index (χ0v) is 12.8. The first kappa shape index (κ1) is 14.4. The molecule has 0 spiro atoms. The van der Waals surface area contributed by atoms with Crippen molar-refractivity contribution in [3.8, 4) is 0 Å². The van der Waals surface area contributed by atoms with Gasteiger partial charge in [0.05, 0.1) is 4.47 Å². The summed E-state index contributed by atoms with van der Waals surface area (Å²) < 4.78 is 27.6. The van der Waals surface area contributed by atoms with Crippen molar-refractivity contribution >= 4 is 27.7 Å². The van der Waals surface area contributed by atoms with Crippen molar-refractivity contribution in [1.82, 2.24) is 9.97 Å². The predicted molar refractivity (Wildman–Crippen MR) is 75.1 cm³/mol. The van der Waals surface area contributed by atoms with Gasteiger partial charge in [-0.15, -0.1) is 0 Å². The van der Waals surface area contributed by atoms with Crippen LogP contribution in [0.5, 0.6) is 0 Å². The highest BCUT2D eigenvalue weighted by molar-refractivity contribution is 9.10. The van der Waals surface area contributed by atoms with Gasteiger partial charge in [0, 0.05) is 22.7 Å². The lowest BCUT2D eigenvalue weighted by atomic mass is 10.2. The molecule has 1 heterocycles. The number of aryl methyl sites for hydroxylation is 2. The summed E-state index contributed by atoms with van der Waals surface area (Å²) >= 11 is 4.26. The van der Waals surface area contributed by atoms with Gasteiger partial charge in [0.2, 0.25) is 0 Å². The number of halogens is 3. The quantitative estimate of drug-likeness (QED) is 0.468. The maximum atomic E-state index is 13.8. The Kier molecular flexibility index (Phi) is 4.52. The number of aromatic nitrogens is 2. The van der Waals surface area contributed by atoms with Gasteiger partial charge in [-0.25, -0.2) is 18.7 Å². The first-order chi connectivity index (χ1) is 8.97. The van der Waals surface area contributed by atoms with Gasteiger partial charge < -0.3 is 0 Å². The van der Waals surface area contributed by atoms with Gasteiger partial charge in [0.15, 0.2) is 5.16 Å². The van der Waals surface area contributed by atoms with Crippen LogP contribution < -0.4 is 0 Å². The van der Waals surface area contributed by atoms with Gasteiger partial charge in [0.25, 0.3) is 0 Å². The van der Waals surface area contributed by atoms with E-state index < -0.39 is 11.6 Å². The van der Waals surface area contributed by atoms with Crippen molar-refractivity contribution in [3.63, 3.8) is 0 Å². The molecule has 2 rings (SSSR count). The van der Waals surface area contributed by atoms with Gasteiger partial charge in [0.1, 0.15) is 11.6 Å². The molecule has 0 radical (unpaired) electrons. The molecule has 0 unspecified atom stereocenters.